The van der Waals surface area contributed by atoms with Crippen LogP contribution < -0.4 is 5.32 Å². The monoisotopic (exact) mass is 191 g/mol. The lowest BCUT2D eigenvalue weighted by Crippen LogP contribution is -2.03. The Bertz CT molecular complexity index is 292. The Morgan fingerprint density at radius 2 is 1.93 bits per heavy atom. The average Bonchev–Trinajstić information content (AvgIpc) is 2.23. The minimum Gasteiger partial charge on any atom is -0.328 e. The molecule has 1 N–H and O–H groups in total. The number of benzene rings is 1. The van der Waals surface area contributed by atoms with Crippen molar-refractivity contribution in [3.63, 3.8) is 0 Å². The number of anilines is 1. The van der Waals surface area contributed by atoms with Gasteiger partial charge in [0.2, 0.25) is 6.41 Å². The third kappa shape index (κ3) is 2.34. The first kappa shape index (κ1) is 10.8. The van der Waals surface area contributed by atoms with E-state index < -0.39 is 0 Å². The molecule has 2 nitrogen and oxygen atoms in total. The van der Waals surface area contributed by atoms with Crippen LogP contribution in [0.5, 0.6) is 0 Å². The molecule has 1 amide bonds. The van der Waals surface area contributed by atoms with Crippen LogP contribution in [0.2, 0.25) is 0 Å². The molecule has 0 saturated carbocycles. The molecule has 0 saturated heterocycles. The molecule has 1 aromatic rings. The summed E-state index contributed by atoms with van der Waals surface area (Å²) in [7, 11) is 0. The molecule has 0 spiro atoms. The molecule has 0 fully saturated rings. The van der Waals surface area contributed by atoms with Crippen molar-refractivity contribution in [2.45, 2.75) is 32.6 Å². The first-order valence-corrected chi connectivity index (χ1v) is 5.12. The third-order valence-corrected chi connectivity index (χ3v) is 2.60. The topological polar surface area (TPSA) is 29.1 Å². The molecule has 0 radical (unpaired) electrons. The summed E-state index contributed by atoms with van der Waals surface area (Å²) >= 11 is 0. The van der Waals surface area contributed by atoms with Crippen LogP contribution in [0, 0.1) is 0 Å². The lowest BCUT2D eigenvalue weighted by atomic mass is 9.92. The average molecular weight is 191 g/mol. The number of amides is 1. The van der Waals surface area contributed by atoms with Gasteiger partial charge in [0.15, 0.2) is 0 Å². The molecule has 1 aromatic carbocycles. The summed E-state index contributed by atoms with van der Waals surface area (Å²) in [6.45, 7) is 4.34. The van der Waals surface area contributed by atoms with Gasteiger partial charge in [0.1, 0.15) is 0 Å². The fraction of sp³-hybridized carbons (Fsp3) is 0.417. The van der Waals surface area contributed by atoms with Crippen LogP contribution in [0.25, 0.3) is 0 Å². The van der Waals surface area contributed by atoms with E-state index in [1.807, 2.05) is 18.2 Å². The standard InChI is InChI=1S/C12H17NO/c1-3-10(4-2)11-7-5-6-8-12(11)13-9-14/h5-10H,3-4H2,1-2H3,(H,13,14). The Hall–Kier alpha value is -1.31. The van der Waals surface area contributed by atoms with Crippen LogP contribution in [0.15, 0.2) is 24.3 Å². The first-order chi connectivity index (χ1) is 6.83. The van der Waals surface area contributed by atoms with Gasteiger partial charge in [-0.1, -0.05) is 32.0 Å². The number of para-hydroxylation sites is 1. The molecule has 0 unspecified atom stereocenters. The van der Waals surface area contributed by atoms with Gasteiger partial charge in [-0.15, -0.1) is 0 Å². The maximum absolute atomic E-state index is 10.4. The fourth-order valence-electron chi connectivity index (χ4n) is 1.78. The molecule has 0 bridgehead atoms. The SMILES string of the molecule is CCC(CC)c1ccccc1NC=O. The Labute approximate surface area is 85.3 Å². The van der Waals surface area contributed by atoms with E-state index >= 15 is 0 Å². The van der Waals surface area contributed by atoms with Crippen LogP contribution in [-0.2, 0) is 4.79 Å². The molecular formula is C12H17NO. The molecule has 0 atom stereocenters. The van der Waals surface area contributed by atoms with Crippen LogP contribution >= 0.6 is 0 Å². The number of carbonyl (C=O) groups is 1. The second-order valence-electron chi connectivity index (χ2n) is 3.36. The van der Waals surface area contributed by atoms with Gasteiger partial charge >= 0.3 is 0 Å². The van der Waals surface area contributed by atoms with Crippen LogP contribution in [0.3, 0.4) is 0 Å². The van der Waals surface area contributed by atoms with Gasteiger partial charge in [-0.2, -0.15) is 0 Å². The third-order valence-electron chi connectivity index (χ3n) is 2.60. The normalized spacial score (nSPS) is 10.2. The van der Waals surface area contributed by atoms with Gasteiger partial charge in [-0.3, -0.25) is 4.79 Å². The molecule has 0 aromatic heterocycles. The van der Waals surface area contributed by atoms with Crippen molar-refractivity contribution in [1.82, 2.24) is 0 Å². The van der Waals surface area contributed by atoms with Crippen molar-refractivity contribution >= 4 is 12.1 Å². The van der Waals surface area contributed by atoms with Gasteiger partial charge in [0, 0.05) is 5.69 Å². The Kier molecular flexibility index (Phi) is 4.17. The molecule has 14 heavy (non-hydrogen) atoms. The lowest BCUT2D eigenvalue weighted by Gasteiger charge is -2.16. The number of hydrogen-bond acceptors (Lipinski definition) is 1. The lowest BCUT2D eigenvalue weighted by molar-refractivity contribution is -0.105. The highest BCUT2D eigenvalue weighted by atomic mass is 16.1. The maximum Gasteiger partial charge on any atom is 0.211 e. The van der Waals surface area contributed by atoms with Gasteiger partial charge in [-0.25, -0.2) is 0 Å². The van der Waals surface area contributed by atoms with E-state index in [9.17, 15) is 4.79 Å². The highest BCUT2D eigenvalue weighted by molar-refractivity contribution is 5.73. The van der Waals surface area contributed by atoms with Gasteiger partial charge in [-0.05, 0) is 30.4 Å². The number of hydrogen-bond donors (Lipinski definition) is 1. The largest absolute Gasteiger partial charge is 0.328 e. The van der Waals surface area contributed by atoms with E-state index in [4.69, 9.17) is 0 Å². The van der Waals surface area contributed by atoms with Crippen molar-refractivity contribution in [2.24, 2.45) is 0 Å². The van der Waals surface area contributed by atoms with E-state index in [-0.39, 0.29) is 0 Å². The smallest absolute Gasteiger partial charge is 0.211 e. The first-order valence-electron chi connectivity index (χ1n) is 5.12. The molecule has 2 heteroatoms. The summed E-state index contributed by atoms with van der Waals surface area (Å²) in [6.07, 6.45) is 2.95. The van der Waals surface area contributed by atoms with E-state index in [0.717, 1.165) is 24.9 Å². The summed E-state index contributed by atoms with van der Waals surface area (Å²) in [5.74, 6) is 0.540. The number of carbonyl (C=O) groups excluding carboxylic acids is 1. The van der Waals surface area contributed by atoms with Crippen molar-refractivity contribution in [3.8, 4) is 0 Å². The highest BCUT2D eigenvalue weighted by Crippen LogP contribution is 2.28. The Morgan fingerprint density at radius 3 is 2.50 bits per heavy atom. The predicted molar refractivity (Wildman–Crippen MR) is 59.5 cm³/mol. The quantitative estimate of drug-likeness (QED) is 0.712. The molecule has 76 valence electrons. The number of nitrogens with one attached hydrogen (secondary N) is 1. The van der Waals surface area contributed by atoms with Crippen molar-refractivity contribution < 1.29 is 4.79 Å². The zero-order valence-corrected chi connectivity index (χ0v) is 8.79. The second-order valence-corrected chi connectivity index (χ2v) is 3.36. The van der Waals surface area contributed by atoms with E-state index in [1.54, 1.807) is 0 Å². The van der Waals surface area contributed by atoms with Crippen LogP contribution in [-0.4, -0.2) is 6.41 Å². The Balaban J connectivity index is 2.98. The summed E-state index contributed by atoms with van der Waals surface area (Å²) in [6, 6.07) is 7.99. The van der Waals surface area contributed by atoms with Crippen LogP contribution in [0.4, 0.5) is 5.69 Å². The molecule has 1 rings (SSSR count). The maximum atomic E-state index is 10.4. The van der Waals surface area contributed by atoms with E-state index in [1.165, 1.54) is 5.56 Å². The summed E-state index contributed by atoms with van der Waals surface area (Å²) in [4.78, 5) is 10.4. The molecule has 0 heterocycles. The fourth-order valence-corrected chi connectivity index (χ4v) is 1.78. The number of rotatable bonds is 5. The van der Waals surface area contributed by atoms with Gasteiger partial charge < -0.3 is 5.32 Å². The highest BCUT2D eigenvalue weighted by Gasteiger charge is 2.10. The van der Waals surface area contributed by atoms with Crippen LogP contribution in [0.1, 0.15) is 38.2 Å². The van der Waals surface area contributed by atoms with Crippen molar-refractivity contribution in [3.05, 3.63) is 29.8 Å². The Morgan fingerprint density at radius 1 is 1.29 bits per heavy atom. The molecule has 0 aliphatic carbocycles. The van der Waals surface area contributed by atoms with E-state index in [2.05, 4.69) is 25.2 Å². The second kappa shape index (κ2) is 5.43. The van der Waals surface area contributed by atoms with Crippen molar-refractivity contribution in [1.29, 1.82) is 0 Å². The summed E-state index contributed by atoms with van der Waals surface area (Å²) < 4.78 is 0. The minimum absolute atomic E-state index is 0.540. The van der Waals surface area contributed by atoms with E-state index in [0.29, 0.717) is 5.92 Å². The summed E-state index contributed by atoms with van der Waals surface area (Å²) in [5.41, 5.74) is 2.18. The predicted octanol–water partition coefficient (Wildman–Crippen LogP) is 3.16. The molecular weight excluding hydrogens is 174 g/mol. The van der Waals surface area contributed by atoms with Gasteiger partial charge in [0.25, 0.3) is 0 Å². The minimum atomic E-state index is 0.540. The zero-order chi connectivity index (χ0) is 10.4. The van der Waals surface area contributed by atoms with Crippen molar-refractivity contribution in [2.75, 3.05) is 5.32 Å². The zero-order valence-electron chi connectivity index (χ0n) is 8.79. The van der Waals surface area contributed by atoms with Gasteiger partial charge in [0.05, 0.1) is 0 Å². The molecule has 0 aliphatic rings. The molecule has 0 aliphatic heterocycles. The summed E-state index contributed by atoms with van der Waals surface area (Å²) in [5, 5.41) is 2.74.